The van der Waals surface area contributed by atoms with Gasteiger partial charge in [-0.3, -0.25) is 0 Å². The lowest BCUT2D eigenvalue weighted by molar-refractivity contribution is 0.779. The highest BCUT2D eigenvalue weighted by atomic mass is 32.2. The second-order valence-electron chi connectivity index (χ2n) is 4.24. The molecule has 1 aromatic carbocycles. The lowest BCUT2D eigenvalue weighted by Crippen LogP contribution is -2.06. The fourth-order valence-corrected chi connectivity index (χ4v) is 3.98. The highest BCUT2D eigenvalue weighted by Gasteiger charge is 2.11. The Bertz CT molecular complexity index is 673. The number of aromatic nitrogens is 2. The van der Waals surface area contributed by atoms with Crippen LogP contribution in [-0.2, 0) is 0 Å². The molecule has 0 aliphatic carbocycles. The summed E-state index contributed by atoms with van der Waals surface area (Å²) in [6.07, 6.45) is 1.79. The van der Waals surface area contributed by atoms with Crippen LogP contribution >= 0.6 is 23.1 Å². The van der Waals surface area contributed by atoms with Crippen LogP contribution in [0.4, 0.5) is 0 Å². The zero-order chi connectivity index (χ0) is 13.2. The summed E-state index contributed by atoms with van der Waals surface area (Å²) >= 11 is 3.27. The first-order valence-corrected chi connectivity index (χ1v) is 7.61. The quantitative estimate of drug-likeness (QED) is 0.794. The third-order valence-electron chi connectivity index (χ3n) is 2.75. The molecule has 96 valence electrons. The van der Waals surface area contributed by atoms with Crippen molar-refractivity contribution in [1.29, 1.82) is 0 Å². The number of rotatable bonds is 3. The number of hydrogen-bond acceptors (Lipinski definition) is 5. The Hall–Kier alpha value is -1.43. The molecule has 0 fully saturated rings. The molecule has 3 aromatic rings. The zero-order valence-electron chi connectivity index (χ0n) is 10.4. The molecule has 19 heavy (non-hydrogen) atoms. The Morgan fingerprint density at radius 2 is 2.05 bits per heavy atom. The Balaban J connectivity index is 1.97. The van der Waals surface area contributed by atoms with E-state index in [1.54, 1.807) is 29.3 Å². The molecule has 0 saturated heterocycles. The van der Waals surface area contributed by atoms with Crippen LogP contribution in [0.3, 0.4) is 0 Å². The average molecular weight is 287 g/mol. The van der Waals surface area contributed by atoms with Gasteiger partial charge in [0.1, 0.15) is 5.03 Å². The molecule has 0 saturated carbocycles. The van der Waals surface area contributed by atoms with Gasteiger partial charge in [0, 0.05) is 17.8 Å². The largest absolute Gasteiger partial charge is 0.324 e. The Kier molecular flexibility index (Phi) is 3.50. The second-order valence-corrected chi connectivity index (χ2v) is 6.50. The maximum atomic E-state index is 5.97. The Morgan fingerprint density at radius 1 is 1.21 bits per heavy atom. The summed E-state index contributed by atoms with van der Waals surface area (Å²) in [6, 6.07) is 12.1. The van der Waals surface area contributed by atoms with E-state index in [4.69, 9.17) is 5.73 Å². The van der Waals surface area contributed by atoms with E-state index in [0.29, 0.717) is 0 Å². The number of nitrogens with two attached hydrogens (primary N) is 1. The molecule has 0 spiro atoms. The van der Waals surface area contributed by atoms with Crippen molar-refractivity contribution < 1.29 is 0 Å². The average Bonchev–Trinajstić information content (AvgIpc) is 2.81. The first kappa shape index (κ1) is 12.6. The molecule has 0 aliphatic heterocycles. The molecule has 2 aromatic heterocycles. The van der Waals surface area contributed by atoms with Gasteiger partial charge >= 0.3 is 0 Å². The summed E-state index contributed by atoms with van der Waals surface area (Å²) in [6.45, 7) is 1.97. The first-order chi connectivity index (χ1) is 9.24. The maximum absolute atomic E-state index is 5.97. The third-order valence-corrected chi connectivity index (χ3v) is 4.88. The molecule has 0 radical (unpaired) electrons. The summed E-state index contributed by atoms with van der Waals surface area (Å²) in [5.74, 6) is 0. The van der Waals surface area contributed by atoms with Gasteiger partial charge in [0.05, 0.1) is 10.2 Å². The third kappa shape index (κ3) is 2.63. The molecule has 3 rings (SSSR count). The van der Waals surface area contributed by atoms with E-state index in [0.717, 1.165) is 20.4 Å². The van der Waals surface area contributed by atoms with Crippen LogP contribution in [0.1, 0.15) is 18.5 Å². The minimum absolute atomic E-state index is 0.0226. The molecule has 1 atom stereocenters. The van der Waals surface area contributed by atoms with Crippen LogP contribution in [0.15, 0.2) is 52.0 Å². The van der Waals surface area contributed by atoms with Crippen molar-refractivity contribution in [3.63, 3.8) is 0 Å². The van der Waals surface area contributed by atoms with Crippen LogP contribution in [-0.4, -0.2) is 9.97 Å². The highest BCUT2D eigenvalue weighted by Crippen LogP contribution is 2.35. The summed E-state index contributed by atoms with van der Waals surface area (Å²) < 4.78 is 2.20. The Morgan fingerprint density at radius 3 is 2.84 bits per heavy atom. The molecule has 3 nitrogen and oxygen atoms in total. The van der Waals surface area contributed by atoms with E-state index < -0.39 is 0 Å². The summed E-state index contributed by atoms with van der Waals surface area (Å²) in [5, 5.41) is 0.941. The van der Waals surface area contributed by atoms with Gasteiger partial charge in [0.2, 0.25) is 0 Å². The van der Waals surface area contributed by atoms with Crippen molar-refractivity contribution >= 4 is 33.3 Å². The minimum atomic E-state index is -0.0226. The molecule has 5 heteroatoms. The van der Waals surface area contributed by atoms with E-state index in [-0.39, 0.29) is 6.04 Å². The van der Waals surface area contributed by atoms with E-state index in [9.17, 15) is 0 Å². The molecule has 2 heterocycles. The number of nitrogens with zero attached hydrogens (tertiary/aromatic N) is 2. The molecule has 0 unspecified atom stereocenters. The van der Waals surface area contributed by atoms with E-state index in [1.165, 1.54) is 4.70 Å². The number of pyridine rings is 1. The van der Waals surface area contributed by atoms with Gasteiger partial charge in [-0.2, -0.15) is 0 Å². The lowest BCUT2D eigenvalue weighted by atomic mass is 10.2. The van der Waals surface area contributed by atoms with Gasteiger partial charge in [-0.1, -0.05) is 18.2 Å². The predicted octanol–water partition coefficient (Wildman–Crippen LogP) is 3.86. The normalized spacial score (nSPS) is 12.7. The van der Waals surface area contributed by atoms with Crippen molar-refractivity contribution in [2.75, 3.05) is 0 Å². The number of hydrogen-bond donors (Lipinski definition) is 1. The van der Waals surface area contributed by atoms with E-state index >= 15 is 0 Å². The summed E-state index contributed by atoms with van der Waals surface area (Å²) in [7, 11) is 0. The fourth-order valence-electron chi connectivity index (χ4n) is 1.81. The molecular weight excluding hydrogens is 274 g/mol. The molecule has 0 amide bonds. The smallest absolute Gasteiger partial charge is 0.157 e. The second kappa shape index (κ2) is 5.28. The fraction of sp³-hybridized carbons (Fsp3) is 0.143. The van der Waals surface area contributed by atoms with Gasteiger partial charge in [-0.05, 0) is 36.9 Å². The Labute approximate surface area is 119 Å². The van der Waals surface area contributed by atoms with Crippen molar-refractivity contribution in [3.8, 4) is 0 Å². The van der Waals surface area contributed by atoms with Crippen molar-refractivity contribution in [2.45, 2.75) is 22.3 Å². The van der Waals surface area contributed by atoms with Crippen LogP contribution in [0.25, 0.3) is 10.2 Å². The number of thiazole rings is 1. The number of fused-ring (bicyclic) bond motifs is 1. The highest BCUT2D eigenvalue weighted by molar-refractivity contribution is 8.01. The van der Waals surface area contributed by atoms with Crippen LogP contribution in [0.5, 0.6) is 0 Å². The van der Waals surface area contributed by atoms with Crippen LogP contribution in [0, 0.1) is 0 Å². The minimum Gasteiger partial charge on any atom is -0.324 e. The SMILES string of the molecule is C[C@@H](N)c1cccnc1Sc1nc2ccccc2s1. The van der Waals surface area contributed by atoms with Crippen molar-refractivity contribution in [2.24, 2.45) is 5.73 Å². The van der Waals surface area contributed by atoms with Gasteiger partial charge in [0.15, 0.2) is 4.34 Å². The van der Waals surface area contributed by atoms with Crippen molar-refractivity contribution in [1.82, 2.24) is 9.97 Å². The van der Waals surface area contributed by atoms with Crippen molar-refractivity contribution in [3.05, 3.63) is 48.2 Å². The summed E-state index contributed by atoms with van der Waals surface area (Å²) in [5.41, 5.74) is 8.07. The molecular formula is C14H13N3S2. The molecule has 2 N–H and O–H groups in total. The monoisotopic (exact) mass is 287 g/mol. The standard InChI is InChI=1S/C14H13N3S2/c1-9(15)10-5-4-8-16-13(10)19-14-17-11-6-2-3-7-12(11)18-14/h2-9H,15H2,1H3/t9-/m1/s1. The molecule has 0 aliphatic rings. The lowest BCUT2D eigenvalue weighted by Gasteiger charge is -2.09. The zero-order valence-corrected chi connectivity index (χ0v) is 12.0. The van der Waals surface area contributed by atoms with Gasteiger partial charge in [-0.15, -0.1) is 11.3 Å². The summed E-state index contributed by atoms with van der Waals surface area (Å²) in [4.78, 5) is 9.02. The number of benzene rings is 1. The molecule has 0 bridgehead atoms. The van der Waals surface area contributed by atoms with Gasteiger partial charge in [-0.25, -0.2) is 9.97 Å². The van der Waals surface area contributed by atoms with Gasteiger partial charge in [0.25, 0.3) is 0 Å². The van der Waals surface area contributed by atoms with Crippen LogP contribution < -0.4 is 5.73 Å². The van der Waals surface area contributed by atoms with Gasteiger partial charge < -0.3 is 5.73 Å². The van der Waals surface area contributed by atoms with Crippen LogP contribution in [0.2, 0.25) is 0 Å². The predicted molar refractivity (Wildman–Crippen MR) is 80.6 cm³/mol. The topological polar surface area (TPSA) is 51.8 Å². The van der Waals surface area contributed by atoms with E-state index in [1.807, 2.05) is 37.3 Å². The maximum Gasteiger partial charge on any atom is 0.157 e. The number of para-hydroxylation sites is 1. The first-order valence-electron chi connectivity index (χ1n) is 5.98. The van der Waals surface area contributed by atoms with E-state index in [2.05, 4.69) is 16.0 Å².